The first kappa shape index (κ1) is 15.2. The van der Waals surface area contributed by atoms with Crippen LogP contribution in [0.4, 0.5) is 0 Å². The molecule has 5 heteroatoms. The molecule has 0 spiro atoms. The maximum absolute atomic E-state index is 12.6. The summed E-state index contributed by atoms with van der Waals surface area (Å²) < 4.78 is 1.92. The van der Waals surface area contributed by atoms with E-state index in [2.05, 4.69) is 4.98 Å². The van der Waals surface area contributed by atoms with E-state index in [-0.39, 0.29) is 5.91 Å². The third kappa shape index (κ3) is 2.89. The fourth-order valence-corrected chi connectivity index (χ4v) is 3.29. The average molecular weight is 340 g/mol. The number of halogens is 1. The van der Waals surface area contributed by atoms with Crippen LogP contribution in [0.5, 0.6) is 0 Å². The van der Waals surface area contributed by atoms with Gasteiger partial charge in [0.05, 0.1) is 0 Å². The predicted molar refractivity (Wildman–Crippen MR) is 95.4 cm³/mol. The lowest BCUT2D eigenvalue weighted by molar-refractivity contribution is 0.0719. The van der Waals surface area contributed by atoms with Crippen LogP contribution in [0, 0.1) is 0 Å². The van der Waals surface area contributed by atoms with Crippen LogP contribution in [0.3, 0.4) is 0 Å². The van der Waals surface area contributed by atoms with Gasteiger partial charge in [-0.05, 0) is 54.7 Å². The topological polar surface area (TPSA) is 37.6 Å². The Hall–Kier alpha value is -2.33. The van der Waals surface area contributed by atoms with E-state index < -0.39 is 0 Å². The summed E-state index contributed by atoms with van der Waals surface area (Å²) in [5.74, 6) is 0.0337. The van der Waals surface area contributed by atoms with Crippen LogP contribution in [-0.2, 0) is 0 Å². The van der Waals surface area contributed by atoms with Gasteiger partial charge in [0.25, 0.3) is 5.91 Å². The number of fused-ring (bicyclic) bond motifs is 1. The Bertz CT molecular complexity index is 879. The molecule has 4 nitrogen and oxygen atoms in total. The van der Waals surface area contributed by atoms with Crippen molar-refractivity contribution in [2.45, 2.75) is 19.3 Å². The maximum Gasteiger partial charge on any atom is 0.274 e. The van der Waals surface area contributed by atoms with Crippen LogP contribution in [-0.4, -0.2) is 33.3 Å². The normalized spacial score (nSPS) is 15.0. The number of hydrogen-bond acceptors (Lipinski definition) is 2. The number of imidazole rings is 1. The molecule has 24 heavy (non-hydrogen) atoms. The molecule has 0 saturated carbocycles. The highest BCUT2D eigenvalue weighted by molar-refractivity contribution is 6.30. The minimum atomic E-state index is 0.0337. The molecule has 0 bridgehead atoms. The van der Waals surface area contributed by atoms with Crippen LogP contribution in [0.25, 0.3) is 16.8 Å². The summed E-state index contributed by atoms with van der Waals surface area (Å²) in [6.45, 7) is 1.67. The van der Waals surface area contributed by atoms with E-state index in [9.17, 15) is 4.79 Å². The second-order valence-electron chi connectivity index (χ2n) is 6.17. The molecule has 0 aliphatic carbocycles. The molecule has 1 aliphatic rings. The highest BCUT2D eigenvalue weighted by atomic mass is 35.5. The number of nitrogens with zero attached hydrogens (tertiary/aromatic N) is 3. The third-order valence-electron chi connectivity index (χ3n) is 4.49. The molecule has 1 saturated heterocycles. The van der Waals surface area contributed by atoms with Crippen LogP contribution < -0.4 is 0 Å². The number of piperidine rings is 1. The monoisotopic (exact) mass is 339 g/mol. The summed E-state index contributed by atoms with van der Waals surface area (Å²) in [7, 11) is 0. The Morgan fingerprint density at radius 1 is 0.917 bits per heavy atom. The summed E-state index contributed by atoms with van der Waals surface area (Å²) >= 11 is 5.95. The van der Waals surface area contributed by atoms with Crippen molar-refractivity contribution in [1.29, 1.82) is 0 Å². The van der Waals surface area contributed by atoms with E-state index in [1.165, 1.54) is 6.42 Å². The molecule has 1 amide bonds. The number of benzene rings is 1. The lowest BCUT2D eigenvalue weighted by Crippen LogP contribution is -2.35. The molecule has 1 fully saturated rings. The zero-order valence-electron chi connectivity index (χ0n) is 13.3. The van der Waals surface area contributed by atoms with E-state index in [1.807, 2.05) is 58.1 Å². The van der Waals surface area contributed by atoms with Crippen LogP contribution in [0.1, 0.15) is 29.8 Å². The lowest BCUT2D eigenvalue weighted by atomic mass is 10.1. The van der Waals surface area contributed by atoms with Crippen molar-refractivity contribution in [1.82, 2.24) is 14.3 Å². The molecule has 0 radical (unpaired) electrons. The van der Waals surface area contributed by atoms with Crippen molar-refractivity contribution in [3.05, 3.63) is 59.5 Å². The summed E-state index contributed by atoms with van der Waals surface area (Å²) in [5.41, 5.74) is 3.45. The Morgan fingerprint density at radius 3 is 2.38 bits per heavy atom. The summed E-state index contributed by atoms with van der Waals surface area (Å²) in [4.78, 5) is 19.0. The number of carbonyl (C=O) groups excluding carboxylic acids is 1. The molecule has 1 aromatic carbocycles. The quantitative estimate of drug-likeness (QED) is 0.698. The summed E-state index contributed by atoms with van der Waals surface area (Å²) in [6, 6.07) is 11.7. The highest BCUT2D eigenvalue weighted by Gasteiger charge is 2.20. The van der Waals surface area contributed by atoms with Gasteiger partial charge >= 0.3 is 0 Å². The fraction of sp³-hybridized carbons (Fsp3) is 0.263. The fourth-order valence-electron chi connectivity index (χ4n) is 3.17. The predicted octanol–water partition coefficient (Wildman–Crippen LogP) is 4.28. The Balaban J connectivity index is 1.65. The standard InChI is InChI=1S/C19H18ClN3O/c20-16-7-4-14(5-8-16)15-6-9-18-21-17(13-23(18)12-15)19(24)22-10-2-1-3-11-22/h4-9,12-13H,1-3,10-11H2. The second-order valence-corrected chi connectivity index (χ2v) is 6.61. The van der Waals surface area contributed by atoms with Gasteiger partial charge in [0.2, 0.25) is 0 Å². The van der Waals surface area contributed by atoms with Crippen molar-refractivity contribution < 1.29 is 4.79 Å². The van der Waals surface area contributed by atoms with Crippen LogP contribution in [0.2, 0.25) is 5.02 Å². The molecule has 3 aromatic rings. The van der Waals surface area contributed by atoms with E-state index in [1.54, 1.807) is 0 Å². The minimum absolute atomic E-state index is 0.0337. The zero-order chi connectivity index (χ0) is 16.5. The largest absolute Gasteiger partial charge is 0.337 e. The molecule has 2 aromatic heterocycles. The van der Waals surface area contributed by atoms with Crippen LogP contribution >= 0.6 is 11.6 Å². The second kappa shape index (κ2) is 6.29. The van der Waals surface area contributed by atoms with Gasteiger partial charge in [-0.2, -0.15) is 0 Å². The number of rotatable bonds is 2. The van der Waals surface area contributed by atoms with Gasteiger partial charge < -0.3 is 9.30 Å². The van der Waals surface area contributed by atoms with Gasteiger partial charge in [0, 0.05) is 30.5 Å². The van der Waals surface area contributed by atoms with Crippen molar-refractivity contribution in [2.75, 3.05) is 13.1 Å². The molecule has 4 rings (SSSR count). The first-order valence-electron chi connectivity index (χ1n) is 8.25. The molecule has 1 aliphatic heterocycles. The van der Waals surface area contributed by atoms with Crippen molar-refractivity contribution in [3.8, 4) is 11.1 Å². The summed E-state index contributed by atoms with van der Waals surface area (Å²) in [6.07, 6.45) is 7.20. The number of likely N-dealkylation sites (tertiary alicyclic amines) is 1. The lowest BCUT2D eigenvalue weighted by Gasteiger charge is -2.25. The maximum atomic E-state index is 12.6. The van der Waals surface area contributed by atoms with Gasteiger partial charge in [0.15, 0.2) is 0 Å². The molecule has 122 valence electrons. The van der Waals surface area contributed by atoms with E-state index >= 15 is 0 Å². The van der Waals surface area contributed by atoms with Crippen molar-refractivity contribution in [2.24, 2.45) is 0 Å². The minimum Gasteiger partial charge on any atom is -0.337 e. The number of carbonyl (C=O) groups is 1. The van der Waals surface area contributed by atoms with Gasteiger partial charge in [-0.15, -0.1) is 0 Å². The molecule has 3 heterocycles. The van der Waals surface area contributed by atoms with Gasteiger partial charge in [0.1, 0.15) is 11.3 Å². The molecule has 0 unspecified atom stereocenters. The SMILES string of the molecule is O=C(c1cn2cc(-c3ccc(Cl)cc3)ccc2n1)N1CCCCC1. The average Bonchev–Trinajstić information content (AvgIpc) is 3.05. The Kier molecular flexibility index (Phi) is 3.98. The number of pyridine rings is 1. The number of aromatic nitrogens is 2. The van der Waals surface area contributed by atoms with E-state index in [0.29, 0.717) is 5.69 Å². The van der Waals surface area contributed by atoms with E-state index in [4.69, 9.17) is 11.6 Å². The first-order valence-corrected chi connectivity index (χ1v) is 8.62. The Morgan fingerprint density at radius 2 is 1.62 bits per heavy atom. The van der Waals surface area contributed by atoms with E-state index in [0.717, 1.165) is 47.7 Å². The number of amides is 1. The van der Waals surface area contributed by atoms with Gasteiger partial charge in [-0.3, -0.25) is 4.79 Å². The molecular weight excluding hydrogens is 322 g/mol. The summed E-state index contributed by atoms with van der Waals surface area (Å²) in [5, 5.41) is 0.719. The molecular formula is C19H18ClN3O. The van der Waals surface area contributed by atoms with Gasteiger partial charge in [-0.1, -0.05) is 23.7 Å². The zero-order valence-corrected chi connectivity index (χ0v) is 14.0. The van der Waals surface area contributed by atoms with Gasteiger partial charge in [-0.25, -0.2) is 4.98 Å². The third-order valence-corrected chi connectivity index (χ3v) is 4.74. The molecule has 0 atom stereocenters. The smallest absolute Gasteiger partial charge is 0.274 e. The first-order chi connectivity index (χ1) is 11.7. The number of hydrogen-bond donors (Lipinski definition) is 0. The highest BCUT2D eigenvalue weighted by Crippen LogP contribution is 2.22. The molecule has 0 N–H and O–H groups in total. The van der Waals surface area contributed by atoms with Crippen LogP contribution in [0.15, 0.2) is 48.8 Å². The Labute approximate surface area is 145 Å². The van der Waals surface area contributed by atoms with Crippen molar-refractivity contribution in [3.63, 3.8) is 0 Å². The van der Waals surface area contributed by atoms with Crippen molar-refractivity contribution >= 4 is 23.2 Å².